The van der Waals surface area contributed by atoms with Gasteiger partial charge in [-0.15, -0.1) is 0 Å². The van der Waals surface area contributed by atoms with Gasteiger partial charge in [-0.25, -0.2) is 0 Å². The summed E-state index contributed by atoms with van der Waals surface area (Å²) in [6.45, 7) is -1.27. The van der Waals surface area contributed by atoms with Gasteiger partial charge >= 0.3 is 0 Å². The smallest absolute Gasteiger partial charge is 0.226 e. The first-order valence-electron chi connectivity index (χ1n) is 5.06. The average Bonchev–Trinajstić information content (AvgIpc) is 2.34. The molecular formula is C8H14N4O6. The molecule has 18 heavy (non-hydrogen) atoms. The molecule has 3 unspecified atom stereocenters. The molecule has 0 heterocycles. The minimum absolute atomic E-state index is 0.605. The second-order valence-corrected chi connectivity index (χ2v) is 3.97. The molecule has 0 aromatic heterocycles. The van der Waals surface area contributed by atoms with Crippen LogP contribution >= 0.6 is 0 Å². The van der Waals surface area contributed by atoms with Crippen molar-refractivity contribution in [3.63, 3.8) is 0 Å². The highest BCUT2D eigenvalue weighted by Gasteiger charge is 2.65. The summed E-state index contributed by atoms with van der Waals surface area (Å²) in [5, 5.41) is 51.5. The van der Waals surface area contributed by atoms with Crippen LogP contribution in [0.1, 0.15) is 0 Å². The van der Waals surface area contributed by atoms with Gasteiger partial charge in [0.25, 0.3) is 0 Å². The van der Waals surface area contributed by atoms with Crippen LogP contribution in [0.2, 0.25) is 0 Å². The lowest BCUT2D eigenvalue weighted by Gasteiger charge is -2.56. The zero-order valence-electron chi connectivity index (χ0n) is 9.21. The van der Waals surface area contributed by atoms with Gasteiger partial charge in [-0.05, 0) is 5.53 Å². The van der Waals surface area contributed by atoms with Crippen LogP contribution in [0.5, 0.6) is 0 Å². The standard InChI is InChI=1S/C8H14N4O6/c9-12-10-1-4(14)11-8(7(17)18)3(2-13)5(15)6(8)16/h3,5-7,13,15-18H,1-2H2,(H,11,14)/t3?,5-,6?,8?/m1/s1. The van der Waals surface area contributed by atoms with Crippen molar-refractivity contribution in [3.05, 3.63) is 10.4 Å². The van der Waals surface area contributed by atoms with E-state index in [1.165, 1.54) is 0 Å². The van der Waals surface area contributed by atoms with E-state index in [1.807, 2.05) is 0 Å². The second-order valence-electron chi connectivity index (χ2n) is 3.97. The van der Waals surface area contributed by atoms with Crippen molar-refractivity contribution in [2.45, 2.75) is 24.0 Å². The van der Waals surface area contributed by atoms with Crippen LogP contribution in [-0.2, 0) is 4.79 Å². The number of hydrogen-bond acceptors (Lipinski definition) is 7. The van der Waals surface area contributed by atoms with E-state index in [0.29, 0.717) is 0 Å². The first kappa shape index (κ1) is 14.6. The number of azide groups is 1. The maximum Gasteiger partial charge on any atom is 0.226 e. The number of aliphatic hydroxyl groups is 5. The number of rotatable bonds is 5. The number of amides is 1. The Kier molecular flexibility index (Phi) is 4.46. The highest BCUT2D eigenvalue weighted by Crippen LogP contribution is 2.41. The molecule has 1 amide bonds. The predicted molar refractivity (Wildman–Crippen MR) is 55.7 cm³/mol. The molecule has 1 aliphatic carbocycles. The van der Waals surface area contributed by atoms with Gasteiger partial charge in [-0.3, -0.25) is 4.79 Å². The van der Waals surface area contributed by atoms with Gasteiger partial charge in [0.05, 0.1) is 12.7 Å². The van der Waals surface area contributed by atoms with Crippen LogP contribution in [0.25, 0.3) is 10.4 Å². The van der Waals surface area contributed by atoms with Gasteiger partial charge in [0.15, 0.2) is 6.29 Å². The van der Waals surface area contributed by atoms with Crippen LogP contribution < -0.4 is 5.32 Å². The van der Waals surface area contributed by atoms with Gasteiger partial charge in [-0.1, -0.05) is 5.11 Å². The Labute approximate surface area is 101 Å². The number of hydrogen-bond donors (Lipinski definition) is 6. The summed E-state index contributed by atoms with van der Waals surface area (Å²) < 4.78 is 0. The SMILES string of the molecule is [N-]=[N+]=NCC(=O)NC1(C(O)O)C(O)[C@H](O)C1CO. The molecule has 10 heteroatoms. The molecule has 1 aliphatic rings. The van der Waals surface area contributed by atoms with Crippen molar-refractivity contribution in [1.82, 2.24) is 5.32 Å². The Morgan fingerprint density at radius 1 is 1.50 bits per heavy atom. The van der Waals surface area contributed by atoms with Crippen LogP contribution in [0, 0.1) is 5.92 Å². The van der Waals surface area contributed by atoms with E-state index in [-0.39, 0.29) is 0 Å². The quantitative estimate of drug-likeness (QED) is 0.131. The summed E-state index contributed by atoms with van der Waals surface area (Å²) in [5.74, 6) is -2.01. The fourth-order valence-corrected chi connectivity index (χ4v) is 2.10. The Hall–Kier alpha value is -1.42. The molecule has 0 bridgehead atoms. The van der Waals surface area contributed by atoms with E-state index in [1.54, 1.807) is 0 Å². The first-order chi connectivity index (χ1) is 8.41. The van der Waals surface area contributed by atoms with Crippen molar-refractivity contribution in [3.8, 4) is 0 Å². The van der Waals surface area contributed by atoms with Crippen LogP contribution in [0.15, 0.2) is 5.11 Å². The average molecular weight is 262 g/mol. The Bertz CT molecular complexity index is 371. The summed E-state index contributed by atoms with van der Waals surface area (Å²) in [5.41, 5.74) is 6.06. The van der Waals surface area contributed by atoms with E-state index < -0.39 is 49.0 Å². The van der Waals surface area contributed by atoms with E-state index >= 15 is 0 Å². The van der Waals surface area contributed by atoms with Crippen molar-refractivity contribution in [1.29, 1.82) is 0 Å². The van der Waals surface area contributed by atoms with Crippen LogP contribution in [-0.4, -0.2) is 68.6 Å². The molecule has 0 aliphatic heterocycles. The van der Waals surface area contributed by atoms with Crippen LogP contribution in [0.4, 0.5) is 0 Å². The molecule has 1 saturated carbocycles. The summed E-state index contributed by atoms with van der Waals surface area (Å²) >= 11 is 0. The van der Waals surface area contributed by atoms with E-state index in [2.05, 4.69) is 15.3 Å². The topological polar surface area (TPSA) is 179 Å². The maximum absolute atomic E-state index is 11.4. The molecule has 0 aromatic rings. The van der Waals surface area contributed by atoms with Crippen molar-refractivity contribution in [2.24, 2.45) is 11.0 Å². The number of carbonyl (C=O) groups excluding carboxylic acids is 1. The third-order valence-corrected chi connectivity index (χ3v) is 3.10. The lowest BCUT2D eigenvalue weighted by atomic mass is 9.61. The largest absolute Gasteiger partial charge is 0.396 e. The third kappa shape index (κ3) is 2.12. The Morgan fingerprint density at radius 3 is 2.56 bits per heavy atom. The molecular weight excluding hydrogens is 248 g/mol. The molecule has 6 N–H and O–H groups in total. The molecule has 4 atom stereocenters. The maximum atomic E-state index is 11.4. The predicted octanol–water partition coefficient (Wildman–Crippen LogP) is -3.19. The Morgan fingerprint density at radius 2 is 2.11 bits per heavy atom. The van der Waals surface area contributed by atoms with Gasteiger partial charge in [-0.2, -0.15) is 0 Å². The highest BCUT2D eigenvalue weighted by molar-refractivity contribution is 5.79. The third-order valence-electron chi connectivity index (χ3n) is 3.10. The summed E-state index contributed by atoms with van der Waals surface area (Å²) in [7, 11) is 0. The highest BCUT2D eigenvalue weighted by atomic mass is 16.5. The molecule has 0 saturated heterocycles. The van der Waals surface area contributed by atoms with Gasteiger partial charge in [0.2, 0.25) is 5.91 Å². The van der Waals surface area contributed by atoms with Gasteiger partial charge < -0.3 is 30.8 Å². The Balaban J connectivity index is 2.88. The zero-order valence-corrected chi connectivity index (χ0v) is 9.21. The molecule has 102 valence electrons. The number of nitrogens with one attached hydrogen (secondary N) is 1. The van der Waals surface area contributed by atoms with Crippen molar-refractivity contribution < 1.29 is 30.3 Å². The molecule has 10 nitrogen and oxygen atoms in total. The van der Waals surface area contributed by atoms with E-state index in [9.17, 15) is 25.2 Å². The van der Waals surface area contributed by atoms with Crippen molar-refractivity contribution in [2.75, 3.05) is 13.2 Å². The number of aliphatic hydroxyl groups excluding tert-OH is 4. The number of nitrogens with zero attached hydrogens (tertiary/aromatic N) is 3. The monoisotopic (exact) mass is 262 g/mol. The van der Waals surface area contributed by atoms with E-state index in [4.69, 9.17) is 10.6 Å². The zero-order chi connectivity index (χ0) is 13.9. The lowest BCUT2D eigenvalue weighted by molar-refractivity contribution is -0.268. The summed E-state index contributed by atoms with van der Waals surface area (Å²) in [4.78, 5) is 13.7. The lowest BCUT2D eigenvalue weighted by Crippen LogP contribution is -2.82. The van der Waals surface area contributed by atoms with Gasteiger partial charge in [0.1, 0.15) is 18.2 Å². The summed E-state index contributed by atoms with van der Waals surface area (Å²) in [6.07, 6.45) is -5.23. The molecule has 0 radical (unpaired) electrons. The first-order valence-corrected chi connectivity index (χ1v) is 5.06. The fraction of sp³-hybridized carbons (Fsp3) is 0.875. The molecule has 0 aromatic carbocycles. The second kappa shape index (κ2) is 5.48. The molecule has 1 rings (SSSR count). The minimum atomic E-state index is -2.19. The van der Waals surface area contributed by atoms with E-state index in [0.717, 1.165) is 0 Å². The van der Waals surface area contributed by atoms with Gasteiger partial charge in [0, 0.05) is 10.8 Å². The fourth-order valence-electron chi connectivity index (χ4n) is 2.10. The van der Waals surface area contributed by atoms with Crippen molar-refractivity contribution >= 4 is 5.91 Å². The van der Waals surface area contributed by atoms with Crippen LogP contribution in [0.3, 0.4) is 0 Å². The minimum Gasteiger partial charge on any atom is -0.396 e. The normalized spacial score (nSPS) is 34.7. The summed E-state index contributed by atoms with van der Waals surface area (Å²) in [6, 6.07) is 0. The molecule has 0 spiro atoms. The number of carbonyl (C=O) groups is 1. The molecule has 1 fully saturated rings.